The van der Waals surface area contributed by atoms with E-state index in [-0.39, 0.29) is 0 Å². The summed E-state index contributed by atoms with van der Waals surface area (Å²) >= 11 is 0. The van der Waals surface area contributed by atoms with Crippen molar-refractivity contribution in [2.45, 2.75) is 33.1 Å². The van der Waals surface area contributed by atoms with Crippen LogP contribution in [-0.2, 0) is 9.59 Å². The first-order valence-corrected chi connectivity index (χ1v) is 3.08. The Hall–Kier alpha value is -1.06. The minimum atomic E-state index is -3.58. The van der Waals surface area contributed by atoms with Crippen molar-refractivity contribution in [2.75, 3.05) is 0 Å². The van der Waals surface area contributed by atoms with Gasteiger partial charge < -0.3 is 10.4 Å². The van der Waals surface area contributed by atoms with Crippen molar-refractivity contribution in [3.63, 3.8) is 0 Å². The smallest absolute Gasteiger partial charge is 0.326 e. The van der Waals surface area contributed by atoms with Crippen molar-refractivity contribution in [2.24, 2.45) is 5.89 Å². The van der Waals surface area contributed by atoms with E-state index in [0.29, 0.717) is 6.92 Å². The van der Waals surface area contributed by atoms with Crippen LogP contribution >= 0.6 is 0 Å². The lowest BCUT2D eigenvalue weighted by atomic mass is 10.0. The van der Waals surface area contributed by atoms with Crippen LogP contribution in [0.5, 0.6) is 0 Å². The minimum Gasteiger partial charge on any atom is -0.480 e. The Bertz CT molecular complexity index is 420. The van der Waals surface area contributed by atoms with Gasteiger partial charge in [0.2, 0.25) is 5.91 Å². The summed E-state index contributed by atoms with van der Waals surface area (Å²) in [4.78, 5) is 22.3. The number of carbonyl (C=O) groups is 2. The maximum absolute atomic E-state index is 11.2. The number of carboxylic acid groups (broad SMARTS) is 1. The van der Waals surface area contributed by atoms with E-state index >= 15 is 0 Å². The van der Waals surface area contributed by atoms with E-state index < -0.39 is 42.3 Å². The van der Waals surface area contributed by atoms with Crippen LogP contribution in [0.25, 0.3) is 0 Å². The molecule has 0 aromatic carbocycles. The van der Waals surface area contributed by atoms with E-state index in [2.05, 4.69) is 0 Å². The summed E-state index contributed by atoms with van der Waals surface area (Å²) in [5.74, 6) is -6.54. The first kappa shape index (κ1) is 3.36. The van der Waals surface area contributed by atoms with Gasteiger partial charge in [-0.3, -0.25) is 4.79 Å². The van der Waals surface area contributed by atoms with E-state index in [1.165, 1.54) is 0 Å². The first-order valence-electron chi connectivity index (χ1n) is 7.03. The second kappa shape index (κ2) is 4.74. The highest BCUT2D eigenvalue weighted by molar-refractivity contribution is 5.81. The summed E-state index contributed by atoms with van der Waals surface area (Å²) in [6.07, 6.45) is -3.55. The van der Waals surface area contributed by atoms with Crippen LogP contribution < -0.4 is 5.31 Å². The summed E-state index contributed by atoms with van der Waals surface area (Å²) in [5, 5.41) is 8.53. The van der Waals surface area contributed by atoms with Gasteiger partial charge in [0.25, 0.3) is 0 Å². The summed E-state index contributed by atoms with van der Waals surface area (Å²) in [6, 6.07) is -3.58. The van der Waals surface area contributed by atoms with Gasteiger partial charge in [-0.25, -0.2) is 4.79 Å². The lowest BCUT2D eigenvalue weighted by Crippen LogP contribution is -2.40. The molecule has 0 bridgehead atoms. The van der Waals surface area contributed by atoms with Gasteiger partial charge >= 0.3 is 5.97 Å². The third-order valence-corrected chi connectivity index (χ3v) is 0.778. The molecule has 0 aromatic rings. The number of carboxylic acids is 1. The molecule has 0 aromatic heterocycles. The Morgan fingerprint density at radius 3 is 2.83 bits per heavy atom. The molecule has 2 N–H and O–H groups in total. The molecule has 0 aliphatic carbocycles. The van der Waals surface area contributed by atoms with Crippen LogP contribution in [0.2, 0.25) is 1.41 Å². The van der Waals surface area contributed by atoms with E-state index in [1.807, 2.05) is 0 Å². The fourth-order valence-electron chi connectivity index (χ4n) is 0.464. The second-order valence-corrected chi connectivity index (χ2v) is 2.03. The predicted octanol–water partition coefficient (Wildman–Crippen LogP) is 0.622. The van der Waals surface area contributed by atoms with Crippen molar-refractivity contribution >= 4 is 11.9 Å². The zero-order valence-corrected chi connectivity index (χ0v) is 6.71. The molecule has 0 saturated carbocycles. The summed E-state index contributed by atoms with van der Waals surface area (Å²) in [6.45, 7) is -1.94. The number of rotatable bonds is 4. The Kier molecular flexibility index (Phi) is 1.33. The summed E-state index contributed by atoms with van der Waals surface area (Å²) in [7, 11) is 0. The van der Waals surface area contributed by atoms with Gasteiger partial charge in [0.1, 0.15) is 6.02 Å². The Morgan fingerprint density at radius 2 is 2.50 bits per heavy atom. The molecule has 0 rings (SSSR count). The number of aliphatic carboxylic acids is 1. The maximum Gasteiger partial charge on any atom is 0.326 e. The van der Waals surface area contributed by atoms with E-state index in [0.717, 1.165) is 6.92 Å². The molecular formula is C8H15NO3. The van der Waals surface area contributed by atoms with Crippen LogP contribution in [0.1, 0.15) is 36.7 Å². The largest absolute Gasteiger partial charge is 0.480 e. The standard InChI is InChI=1S/C8H15NO3/c1-5(2)4-7(8(11)12)9-6(3)10/h5,7H,4H2,1-3H3,(H,9,10)(H,11,12)/i1D3,4D2,5D,7D/hD. The number of amides is 1. The van der Waals surface area contributed by atoms with Gasteiger partial charge in [-0.15, -0.1) is 0 Å². The molecule has 0 aliphatic rings. The highest BCUT2D eigenvalue weighted by Crippen LogP contribution is 2.04. The third kappa shape index (κ3) is 4.71. The fraction of sp³-hybridized carbons (Fsp3) is 0.750. The molecule has 4 nitrogen and oxygen atoms in total. The molecule has 0 spiro atoms. The molecule has 2 atom stereocenters. The monoisotopic (exact) mass is 181 g/mol. The SMILES string of the molecule is [2H]N(C(C)=O)C([2H])(C(=O)O)C([2H])([2H])C([2H])(C)C([2H])([2H])[2H]. The highest BCUT2D eigenvalue weighted by Gasteiger charge is 2.18. The molecule has 12 heavy (non-hydrogen) atoms. The number of carbonyl (C=O) groups excluding carboxylic acids is 1. The van der Waals surface area contributed by atoms with Gasteiger partial charge in [-0.05, 0) is 12.3 Å². The molecule has 2 unspecified atom stereocenters. The van der Waals surface area contributed by atoms with Gasteiger partial charge in [-0.2, -0.15) is 0 Å². The van der Waals surface area contributed by atoms with Crippen LogP contribution in [0.4, 0.5) is 0 Å². The van der Waals surface area contributed by atoms with Crippen molar-refractivity contribution < 1.29 is 25.7 Å². The summed E-state index contributed by atoms with van der Waals surface area (Å²) < 4.78 is 59.1. The zero-order valence-electron chi connectivity index (χ0n) is 14.7. The Balaban J connectivity index is 6.22. The van der Waals surface area contributed by atoms with E-state index in [1.54, 1.807) is 0 Å². The van der Waals surface area contributed by atoms with Crippen LogP contribution in [0.3, 0.4) is 0 Å². The lowest BCUT2D eigenvalue weighted by Gasteiger charge is -2.14. The predicted molar refractivity (Wildman–Crippen MR) is 44.7 cm³/mol. The van der Waals surface area contributed by atoms with Gasteiger partial charge in [0.05, 0.1) is 1.37 Å². The van der Waals surface area contributed by atoms with Crippen LogP contribution in [0.15, 0.2) is 0 Å². The molecule has 4 heteroatoms. The van der Waals surface area contributed by atoms with E-state index in [4.69, 9.17) is 16.1 Å². The average molecular weight is 181 g/mol. The van der Waals surface area contributed by atoms with Crippen molar-refractivity contribution in [1.29, 1.82) is 0 Å². The Labute approximate surface area is 83.3 Å². The second-order valence-electron chi connectivity index (χ2n) is 2.03. The fourth-order valence-corrected chi connectivity index (χ4v) is 0.464. The average Bonchev–Trinajstić information content (AvgIpc) is 2.24. The van der Waals surface area contributed by atoms with Crippen molar-refractivity contribution in [3.05, 3.63) is 0 Å². The van der Waals surface area contributed by atoms with Gasteiger partial charge in [-0.1, -0.05) is 13.8 Å². The Morgan fingerprint density at radius 1 is 1.92 bits per heavy atom. The molecule has 70 valence electrons. The number of nitrogens with one attached hydrogen (secondary N) is 1. The maximum atomic E-state index is 11.2. The molecular weight excluding hydrogens is 158 g/mol. The topological polar surface area (TPSA) is 66.4 Å². The molecule has 0 aliphatic heterocycles. The van der Waals surface area contributed by atoms with Crippen LogP contribution in [0, 0.1) is 5.89 Å². The molecule has 0 saturated heterocycles. The molecule has 1 amide bonds. The van der Waals surface area contributed by atoms with Gasteiger partial charge in [0.15, 0.2) is 1.41 Å². The van der Waals surface area contributed by atoms with Gasteiger partial charge in [0, 0.05) is 15.1 Å². The quantitative estimate of drug-likeness (QED) is 0.668. The normalized spacial score (nSPS) is 32.2. The third-order valence-electron chi connectivity index (χ3n) is 0.778. The van der Waals surface area contributed by atoms with Crippen LogP contribution in [-0.4, -0.2) is 23.0 Å². The molecule has 0 radical (unpaired) electrons. The lowest BCUT2D eigenvalue weighted by molar-refractivity contribution is -0.142. The zero-order chi connectivity index (χ0) is 16.7. The van der Waals surface area contributed by atoms with Crippen molar-refractivity contribution in [3.8, 4) is 0 Å². The number of hydrogen-bond acceptors (Lipinski definition) is 2. The minimum absolute atomic E-state index is 0.478. The van der Waals surface area contributed by atoms with E-state index in [9.17, 15) is 9.59 Å². The van der Waals surface area contributed by atoms with Crippen molar-refractivity contribution in [1.82, 2.24) is 5.31 Å². The number of hydrogen-bond donors (Lipinski definition) is 2. The first-order chi connectivity index (χ1) is 8.55. The molecule has 0 heterocycles. The molecule has 0 fully saturated rings. The highest BCUT2D eigenvalue weighted by atomic mass is 16.4. The summed E-state index contributed by atoms with van der Waals surface area (Å²) in [5.41, 5.74) is 0.